The van der Waals surface area contributed by atoms with Crippen molar-refractivity contribution in [1.29, 1.82) is 0 Å². The predicted molar refractivity (Wildman–Crippen MR) is 76.6 cm³/mol. The van der Waals surface area contributed by atoms with Crippen molar-refractivity contribution >= 4 is 17.7 Å². The van der Waals surface area contributed by atoms with Gasteiger partial charge in [-0.3, -0.25) is 19.3 Å². The zero-order chi connectivity index (χ0) is 15.1. The first-order chi connectivity index (χ1) is 10.0. The number of amides is 3. The minimum Gasteiger partial charge on any atom is -0.329 e. The summed E-state index contributed by atoms with van der Waals surface area (Å²) in [6, 6.07) is 4.52. The molecule has 0 aromatic heterocycles. The third kappa shape index (κ3) is 2.05. The van der Waals surface area contributed by atoms with Crippen molar-refractivity contribution in [3.8, 4) is 0 Å². The molecule has 1 atom stereocenters. The lowest BCUT2D eigenvalue weighted by Gasteiger charge is -2.29. The Morgan fingerprint density at radius 3 is 2.62 bits per heavy atom. The number of allylic oxidation sites excluding steroid dienone is 1. The zero-order valence-electron chi connectivity index (χ0n) is 11.8. The maximum Gasteiger partial charge on any atom is 0.262 e. The summed E-state index contributed by atoms with van der Waals surface area (Å²) in [5.74, 6) is -1.10. The average molecular weight is 284 g/mol. The van der Waals surface area contributed by atoms with Crippen molar-refractivity contribution in [3.05, 3.63) is 47.2 Å². The monoisotopic (exact) mass is 284 g/mol. The molecular weight excluding hydrogens is 268 g/mol. The Balaban J connectivity index is 1.96. The first-order valence-electron chi connectivity index (χ1n) is 7.02. The highest BCUT2D eigenvalue weighted by Crippen LogP contribution is 2.29. The van der Waals surface area contributed by atoms with Gasteiger partial charge < -0.3 is 5.32 Å². The third-order valence-electron chi connectivity index (χ3n) is 4.02. The van der Waals surface area contributed by atoms with Crippen LogP contribution in [-0.4, -0.2) is 28.7 Å². The molecule has 1 N–H and O–H groups in total. The van der Waals surface area contributed by atoms with Crippen LogP contribution in [0, 0.1) is 0 Å². The van der Waals surface area contributed by atoms with Crippen LogP contribution < -0.4 is 5.32 Å². The molecule has 3 rings (SSSR count). The zero-order valence-corrected chi connectivity index (χ0v) is 11.8. The second-order valence-electron chi connectivity index (χ2n) is 5.36. The highest BCUT2D eigenvalue weighted by atomic mass is 16.2. The Morgan fingerprint density at radius 1 is 1.24 bits per heavy atom. The Morgan fingerprint density at radius 2 is 1.95 bits per heavy atom. The molecule has 108 valence electrons. The maximum absolute atomic E-state index is 12.5. The van der Waals surface area contributed by atoms with E-state index in [1.54, 1.807) is 12.1 Å². The molecule has 3 amide bonds. The summed E-state index contributed by atoms with van der Waals surface area (Å²) in [6.07, 6.45) is 1.79. The van der Waals surface area contributed by atoms with Gasteiger partial charge >= 0.3 is 0 Å². The topological polar surface area (TPSA) is 66.5 Å². The SMILES string of the molecule is C=C1CCC(N2C(=O)c3ccc(CC)cc3C2=O)C(=O)N1. The van der Waals surface area contributed by atoms with E-state index in [0.29, 0.717) is 29.7 Å². The Bertz CT molecular complexity index is 678. The van der Waals surface area contributed by atoms with Crippen LogP contribution in [-0.2, 0) is 11.2 Å². The van der Waals surface area contributed by atoms with Crippen molar-refractivity contribution in [3.63, 3.8) is 0 Å². The molecule has 1 aromatic carbocycles. The number of benzene rings is 1. The summed E-state index contributed by atoms with van der Waals surface area (Å²) in [6.45, 7) is 5.69. The molecule has 2 aliphatic heterocycles. The van der Waals surface area contributed by atoms with Gasteiger partial charge in [-0.25, -0.2) is 0 Å². The van der Waals surface area contributed by atoms with Gasteiger partial charge in [-0.1, -0.05) is 19.6 Å². The van der Waals surface area contributed by atoms with Gasteiger partial charge in [0.05, 0.1) is 11.1 Å². The van der Waals surface area contributed by atoms with Gasteiger partial charge in [-0.15, -0.1) is 0 Å². The summed E-state index contributed by atoms with van der Waals surface area (Å²) in [7, 11) is 0. The Labute approximate surface area is 122 Å². The number of hydrogen-bond acceptors (Lipinski definition) is 3. The van der Waals surface area contributed by atoms with Gasteiger partial charge in [-0.2, -0.15) is 0 Å². The van der Waals surface area contributed by atoms with Crippen LogP contribution in [0.4, 0.5) is 0 Å². The number of aryl methyl sites for hydroxylation is 1. The minimum atomic E-state index is -0.743. The van der Waals surface area contributed by atoms with Gasteiger partial charge in [0.1, 0.15) is 6.04 Å². The van der Waals surface area contributed by atoms with Crippen LogP contribution in [0.25, 0.3) is 0 Å². The maximum atomic E-state index is 12.5. The third-order valence-corrected chi connectivity index (χ3v) is 4.02. The molecule has 1 saturated heterocycles. The number of carbonyl (C=O) groups is 3. The molecular formula is C16H16N2O3. The number of fused-ring (bicyclic) bond motifs is 1. The summed E-state index contributed by atoms with van der Waals surface area (Å²) in [4.78, 5) is 38.1. The number of rotatable bonds is 2. The second-order valence-corrected chi connectivity index (χ2v) is 5.36. The molecule has 0 saturated carbocycles. The van der Waals surface area contributed by atoms with E-state index in [1.165, 1.54) is 0 Å². The van der Waals surface area contributed by atoms with Crippen LogP contribution in [0.15, 0.2) is 30.5 Å². The number of piperidine rings is 1. The molecule has 0 aliphatic carbocycles. The first-order valence-corrected chi connectivity index (χ1v) is 7.02. The number of imide groups is 1. The number of nitrogens with one attached hydrogen (secondary N) is 1. The fourth-order valence-corrected chi connectivity index (χ4v) is 2.82. The van der Waals surface area contributed by atoms with Gasteiger partial charge in [0.2, 0.25) is 5.91 Å². The molecule has 2 aliphatic rings. The molecule has 1 aromatic rings. The lowest BCUT2D eigenvalue weighted by molar-refractivity contribution is -0.125. The van der Waals surface area contributed by atoms with E-state index in [9.17, 15) is 14.4 Å². The highest BCUT2D eigenvalue weighted by molar-refractivity contribution is 6.23. The quantitative estimate of drug-likeness (QED) is 0.839. The van der Waals surface area contributed by atoms with E-state index in [4.69, 9.17) is 0 Å². The summed E-state index contributed by atoms with van der Waals surface area (Å²) < 4.78 is 0. The molecule has 21 heavy (non-hydrogen) atoms. The first kappa shape index (κ1) is 13.5. The summed E-state index contributed by atoms with van der Waals surface area (Å²) in [5, 5.41) is 2.62. The Hall–Kier alpha value is -2.43. The summed E-state index contributed by atoms with van der Waals surface area (Å²) in [5.41, 5.74) is 2.41. The van der Waals surface area contributed by atoms with E-state index in [-0.39, 0.29) is 17.7 Å². The fourth-order valence-electron chi connectivity index (χ4n) is 2.82. The van der Waals surface area contributed by atoms with E-state index >= 15 is 0 Å². The predicted octanol–water partition coefficient (Wildman–Crippen LogP) is 1.64. The van der Waals surface area contributed by atoms with Gasteiger partial charge in [0, 0.05) is 5.70 Å². The smallest absolute Gasteiger partial charge is 0.262 e. The largest absolute Gasteiger partial charge is 0.329 e. The molecule has 2 heterocycles. The van der Waals surface area contributed by atoms with Crippen LogP contribution >= 0.6 is 0 Å². The molecule has 5 nitrogen and oxygen atoms in total. The van der Waals surface area contributed by atoms with Crippen LogP contribution in [0.1, 0.15) is 46.0 Å². The standard InChI is InChI=1S/C16H16N2O3/c1-3-10-5-6-11-12(8-10)16(21)18(15(11)20)13-7-4-9(2)17-14(13)19/h5-6,8,13H,2-4,7H2,1H3,(H,17,19). The van der Waals surface area contributed by atoms with Crippen molar-refractivity contribution in [1.82, 2.24) is 10.2 Å². The molecule has 5 heteroatoms. The highest BCUT2D eigenvalue weighted by Gasteiger charge is 2.43. The van der Waals surface area contributed by atoms with Crippen LogP contribution in [0.2, 0.25) is 0 Å². The van der Waals surface area contributed by atoms with Gasteiger partial charge in [-0.05, 0) is 37.0 Å². The van der Waals surface area contributed by atoms with Crippen molar-refractivity contribution in [2.75, 3.05) is 0 Å². The van der Waals surface area contributed by atoms with Gasteiger partial charge in [0.15, 0.2) is 0 Å². The van der Waals surface area contributed by atoms with Crippen molar-refractivity contribution < 1.29 is 14.4 Å². The number of nitrogens with zero attached hydrogens (tertiary/aromatic N) is 1. The van der Waals surface area contributed by atoms with Crippen LogP contribution in [0.3, 0.4) is 0 Å². The van der Waals surface area contributed by atoms with Crippen molar-refractivity contribution in [2.24, 2.45) is 0 Å². The lowest BCUT2D eigenvalue weighted by Crippen LogP contribution is -2.51. The van der Waals surface area contributed by atoms with Crippen molar-refractivity contribution in [2.45, 2.75) is 32.2 Å². The van der Waals surface area contributed by atoms with E-state index < -0.39 is 6.04 Å². The second kappa shape index (κ2) is 4.84. The molecule has 1 fully saturated rings. The number of carbonyl (C=O) groups excluding carboxylic acids is 3. The van der Waals surface area contributed by atoms with Gasteiger partial charge in [0.25, 0.3) is 11.8 Å². The Kier molecular flexibility index (Phi) is 3.12. The number of hydrogen-bond donors (Lipinski definition) is 1. The molecule has 1 unspecified atom stereocenters. The van der Waals surface area contributed by atoms with E-state index in [2.05, 4.69) is 11.9 Å². The minimum absolute atomic E-state index is 0.337. The average Bonchev–Trinajstić information content (AvgIpc) is 2.71. The normalized spacial score (nSPS) is 21.6. The molecule has 0 bridgehead atoms. The molecule has 0 spiro atoms. The van der Waals surface area contributed by atoms with E-state index in [1.807, 2.05) is 13.0 Å². The lowest BCUT2D eigenvalue weighted by atomic mass is 10.0. The van der Waals surface area contributed by atoms with E-state index in [0.717, 1.165) is 16.9 Å². The fraction of sp³-hybridized carbons (Fsp3) is 0.312. The van der Waals surface area contributed by atoms with Crippen LogP contribution in [0.5, 0.6) is 0 Å². The summed E-state index contributed by atoms with van der Waals surface area (Å²) >= 11 is 0. The molecule has 0 radical (unpaired) electrons.